The molecule has 0 saturated heterocycles. The van der Waals surface area contributed by atoms with Crippen LogP contribution in [-0.4, -0.2) is 5.54 Å². The van der Waals surface area contributed by atoms with Gasteiger partial charge in [-0.2, -0.15) is 13.2 Å². The molecule has 0 spiro atoms. The predicted molar refractivity (Wildman–Crippen MR) is 53.4 cm³/mol. The Balaban J connectivity index is 3.24. The van der Waals surface area contributed by atoms with Crippen LogP contribution in [0.4, 0.5) is 17.6 Å². The summed E-state index contributed by atoms with van der Waals surface area (Å²) in [5.74, 6) is -1.26. The van der Waals surface area contributed by atoms with Crippen molar-refractivity contribution in [3.8, 4) is 0 Å². The Kier molecular flexibility index (Phi) is 3.28. The molecule has 90 valence electrons. The fraction of sp³-hybridized carbons (Fsp3) is 0.455. The SMILES string of the molecule is CC(C)(N)Cc1cccc(F)c1C(F)(F)F. The second kappa shape index (κ2) is 4.05. The van der Waals surface area contributed by atoms with E-state index in [0.717, 1.165) is 6.07 Å². The molecule has 2 N–H and O–H groups in total. The molecule has 0 aliphatic heterocycles. The molecule has 0 aromatic heterocycles. The van der Waals surface area contributed by atoms with Gasteiger partial charge in [-0.15, -0.1) is 0 Å². The van der Waals surface area contributed by atoms with Crippen LogP contribution in [-0.2, 0) is 12.6 Å². The van der Waals surface area contributed by atoms with Gasteiger partial charge in [0.25, 0.3) is 0 Å². The monoisotopic (exact) mass is 235 g/mol. The van der Waals surface area contributed by atoms with E-state index in [1.165, 1.54) is 12.1 Å². The number of alkyl halides is 3. The topological polar surface area (TPSA) is 26.0 Å². The highest BCUT2D eigenvalue weighted by molar-refractivity contribution is 5.32. The summed E-state index contributed by atoms with van der Waals surface area (Å²) in [5, 5.41) is 0. The Labute approximate surface area is 91.3 Å². The molecule has 1 nitrogen and oxygen atoms in total. The molecule has 0 bridgehead atoms. The number of hydrogen-bond acceptors (Lipinski definition) is 1. The zero-order valence-corrected chi connectivity index (χ0v) is 9.03. The number of hydrogen-bond donors (Lipinski definition) is 1. The summed E-state index contributed by atoms with van der Waals surface area (Å²) in [6.45, 7) is 3.19. The van der Waals surface area contributed by atoms with Gasteiger partial charge < -0.3 is 5.73 Å². The third kappa shape index (κ3) is 3.20. The van der Waals surface area contributed by atoms with E-state index in [9.17, 15) is 17.6 Å². The molecule has 0 saturated carbocycles. The molecule has 1 aromatic carbocycles. The fourth-order valence-corrected chi connectivity index (χ4v) is 1.52. The zero-order chi connectivity index (χ0) is 12.6. The normalized spacial score (nSPS) is 12.9. The molecular formula is C11H13F4N. The summed E-state index contributed by atoms with van der Waals surface area (Å²) in [6, 6.07) is 3.31. The van der Waals surface area contributed by atoms with Crippen LogP contribution in [0.15, 0.2) is 18.2 Å². The van der Waals surface area contributed by atoms with E-state index in [2.05, 4.69) is 0 Å². The Morgan fingerprint density at radius 3 is 2.19 bits per heavy atom. The minimum Gasteiger partial charge on any atom is -0.325 e. The van der Waals surface area contributed by atoms with E-state index in [1.807, 2.05) is 0 Å². The van der Waals surface area contributed by atoms with Crippen molar-refractivity contribution in [3.63, 3.8) is 0 Å². The van der Waals surface area contributed by atoms with Crippen molar-refractivity contribution in [2.24, 2.45) is 5.73 Å². The highest BCUT2D eigenvalue weighted by atomic mass is 19.4. The van der Waals surface area contributed by atoms with Crippen molar-refractivity contribution >= 4 is 0 Å². The largest absolute Gasteiger partial charge is 0.419 e. The quantitative estimate of drug-likeness (QED) is 0.783. The number of halogens is 4. The Hall–Kier alpha value is -1.10. The fourth-order valence-electron chi connectivity index (χ4n) is 1.52. The molecule has 0 fully saturated rings. The summed E-state index contributed by atoms with van der Waals surface area (Å²) in [5.41, 5.74) is 3.50. The molecule has 1 aromatic rings. The molecule has 0 aliphatic carbocycles. The first-order valence-corrected chi connectivity index (χ1v) is 4.75. The minimum absolute atomic E-state index is 0.0282. The second-order valence-electron chi connectivity index (χ2n) is 4.44. The summed E-state index contributed by atoms with van der Waals surface area (Å²) in [4.78, 5) is 0. The maximum Gasteiger partial charge on any atom is 0.419 e. The molecular weight excluding hydrogens is 222 g/mol. The molecule has 0 amide bonds. The van der Waals surface area contributed by atoms with Gasteiger partial charge in [-0.1, -0.05) is 12.1 Å². The molecule has 0 atom stereocenters. The average Bonchev–Trinajstić information content (AvgIpc) is 1.97. The zero-order valence-electron chi connectivity index (χ0n) is 9.03. The van der Waals surface area contributed by atoms with Gasteiger partial charge in [0.15, 0.2) is 0 Å². The predicted octanol–water partition coefficient (Wildman–Crippen LogP) is 3.12. The lowest BCUT2D eigenvalue weighted by Gasteiger charge is -2.21. The van der Waals surface area contributed by atoms with E-state index < -0.39 is 23.1 Å². The van der Waals surface area contributed by atoms with Gasteiger partial charge in [0, 0.05) is 5.54 Å². The first kappa shape index (κ1) is 13.0. The van der Waals surface area contributed by atoms with Gasteiger partial charge in [0.1, 0.15) is 5.82 Å². The Morgan fingerprint density at radius 2 is 1.75 bits per heavy atom. The molecule has 0 heterocycles. The van der Waals surface area contributed by atoms with E-state index in [4.69, 9.17) is 5.73 Å². The van der Waals surface area contributed by atoms with E-state index in [0.29, 0.717) is 0 Å². The van der Waals surface area contributed by atoms with Crippen molar-refractivity contribution in [3.05, 3.63) is 35.1 Å². The first-order valence-electron chi connectivity index (χ1n) is 4.75. The molecule has 0 aliphatic rings. The molecule has 1 rings (SSSR count). The van der Waals surface area contributed by atoms with Crippen LogP contribution in [0.2, 0.25) is 0 Å². The first-order chi connectivity index (χ1) is 7.11. The third-order valence-electron chi connectivity index (χ3n) is 2.03. The van der Waals surface area contributed by atoms with Crippen LogP contribution in [0.3, 0.4) is 0 Å². The summed E-state index contributed by atoms with van der Waals surface area (Å²) in [6.07, 6.45) is -4.72. The average molecular weight is 235 g/mol. The van der Waals surface area contributed by atoms with Crippen molar-refractivity contribution in [1.29, 1.82) is 0 Å². The van der Waals surface area contributed by atoms with Gasteiger partial charge in [-0.25, -0.2) is 4.39 Å². The van der Waals surface area contributed by atoms with Crippen LogP contribution in [0.1, 0.15) is 25.0 Å². The third-order valence-corrected chi connectivity index (χ3v) is 2.03. The van der Waals surface area contributed by atoms with Crippen molar-refractivity contribution < 1.29 is 17.6 Å². The Bertz CT molecular complexity index is 377. The Morgan fingerprint density at radius 1 is 1.19 bits per heavy atom. The lowest BCUT2D eigenvalue weighted by Crippen LogP contribution is -2.35. The number of benzene rings is 1. The van der Waals surface area contributed by atoms with Crippen LogP contribution >= 0.6 is 0 Å². The molecule has 0 radical (unpaired) electrons. The van der Waals surface area contributed by atoms with E-state index >= 15 is 0 Å². The summed E-state index contributed by atoms with van der Waals surface area (Å²) >= 11 is 0. The maximum absolute atomic E-state index is 13.2. The van der Waals surface area contributed by atoms with Gasteiger partial charge in [-0.05, 0) is 31.9 Å². The van der Waals surface area contributed by atoms with Gasteiger partial charge in [0.05, 0.1) is 5.56 Å². The number of rotatable bonds is 2. The summed E-state index contributed by atoms with van der Waals surface area (Å²) < 4.78 is 51.0. The maximum atomic E-state index is 13.2. The molecule has 16 heavy (non-hydrogen) atoms. The minimum atomic E-state index is -4.69. The standard InChI is InChI=1S/C11H13F4N/c1-10(2,16)6-7-4-3-5-8(12)9(7)11(13,14)15/h3-5H,6,16H2,1-2H3. The van der Waals surface area contributed by atoms with Crippen LogP contribution in [0, 0.1) is 5.82 Å². The van der Waals surface area contributed by atoms with Gasteiger partial charge in [-0.3, -0.25) is 0 Å². The summed E-state index contributed by atoms with van der Waals surface area (Å²) in [7, 11) is 0. The van der Waals surface area contributed by atoms with Gasteiger partial charge >= 0.3 is 6.18 Å². The van der Waals surface area contributed by atoms with Crippen LogP contribution in [0.25, 0.3) is 0 Å². The van der Waals surface area contributed by atoms with Crippen molar-refractivity contribution in [2.75, 3.05) is 0 Å². The van der Waals surface area contributed by atoms with Crippen molar-refractivity contribution in [2.45, 2.75) is 32.0 Å². The highest BCUT2D eigenvalue weighted by Crippen LogP contribution is 2.35. The molecule has 5 heteroatoms. The lowest BCUT2D eigenvalue weighted by atomic mass is 9.92. The van der Waals surface area contributed by atoms with E-state index in [1.54, 1.807) is 13.8 Å². The second-order valence-corrected chi connectivity index (χ2v) is 4.44. The van der Waals surface area contributed by atoms with E-state index in [-0.39, 0.29) is 12.0 Å². The molecule has 0 unspecified atom stereocenters. The highest BCUT2D eigenvalue weighted by Gasteiger charge is 2.37. The van der Waals surface area contributed by atoms with Crippen LogP contribution in [0.5, 0.6) is 0 Å². The van der Waals surface area contributed by atoms with Crippen LogP contribution < -0.4 is 5.73 Å². The van der Waals surface area contributed by atoms with Crippen molar-refractivity contribution in [1.82, 2.24) is 0 Å². The smallest absolute Gasteiger partial charge is 0.325 e. The van der Waals surface area contributed by atoms with Gasteiger partial charge in [0.2, 0.25) is 0 Å². The number of nitrogens with two attached hydrogens (primary N) is 1. The lowest BCUT2D eigenvalue weighted by molar-refractivity contribution is -0.140.